The van der Waals surface area contributed by atoms with E-state index in [1.54, 1.807) is 0 Å². The van der Waals surface area contributed by atoms with Crippen molar-refractivity contribution in [3.63, 3.8) is 0 Å². The molecule has 4 rings (SSSR count). The molecule has 6 nitrogen and oxygen atoms in total. The third-order valence-electron chi connectivity index (χ3n) is 8.00. The van der Waals surface area contributed by atoms with Crippen LogP contribution >= 0.6 is 0 Å². The summed E-state index contributed by atoms with van der Waals surface area (Å²) in [6.45, 7) is 3.81. The van der Waals surface area contributed by atoms with Crippen molar-refractivity contribution in [1.82, 2.24) is 0 Å². The molecule has 1 saturated heterocycles. The highest BCUT2D eigenvalue weighted by Crippen LogP contribution is 2.62. The van der Waals surface area contributed by atoms with Crippen molar-refractivity contribution < 1.29 is 37.3 Å². The molecule has 2 aliphatic carbocycles. The summed E-state index contributed by atoms with van der Waals surface area (Å²) in [4.78, 5) is 24.5. The van der Waals surface area contributed by atoms with Gasteiger partial charge in [0.05, 0.1) is 18.6 Å². The molecule has 1 amide bonds. The zero-order chi connectivity index (χ0) is 23.3. The Balaban J connectivity index is 1.49. The number of hydrogen-bond donors (Lipinski definition) is 2. The van der Waals surface area contributed by atoms with E-state index in [1.165, 1.54) is 12.1 Å². The predicted octanol–water partition coefficient (Wildman–Crippen LogP) is 4.76. The van der Waals surface area contributed by atoms with Gasteiger partial charge in [0.25, 0.3) is 0 Å². The van der Waals surface area contributed by atoms with Gasteiger partial charge in [-0.05, 0) is 55.2 Å². The third kappa shape index (κ3) is 3.84. The molecule has 32 heavy (non-hydrogen) atoms. The van der Waals surface area contributed by atoms with Crippen molar-refractivity contribution in [2.45, 2.75) is 64.3 Å². The zero-order valence-corrected chi connectivity index (χ0v) is 18.1. The molecule has 0 radical (unpaired) electrons. The molecule has 6 atom stereocenters. The van der Waals surface area contributed by atoms with Crippen LogP contribution in [0.1, 0.15) is 51.5 Å². The first-order valence-electron chi connectivity index (χ1n) is 10.9. The van der Waals surface area contributed by atoms with Crippen LogP contribution in [0.4, 0.5) is 23.7 Å². The highest BCUT2D eigenvalue weighted by atomic mass is 19.4. The molecule has 3 aliphatic rings. The summed E-state index contributed by atoms with van der Waals surface area (Å²) < 4.78 is 50.0. The topological polar surface area (TPSA) is 84.9 Å². The van der Waals surface area contributed by atoms with Gasteiger partial charge in [-0.1, -0.05) is 19.9 Å². The number of ether oxygens (including phenoxy) is 2. The first kappa shape index (κ1) is 22.9. The predicted molar refractivity (Wildman–Crippen MR) is 109 cm³/mol. The van der Waals surface area contributed by atoms with Crippen LogP contribution in [0.2, 0.25) is 0 Å². The molecule has 9 heteroatoms. The van der Waals surface area contributed by atoms with Crippen LogP contribution < -0.4 is 5.32 Å². The molecule has 0 bridgehead atoms. The number of halogens is 3. The largest absolute Gasteiger partial charge is 0.462 e. The molecule has 0 aromatic heterocycles. The van der Waals surface area contributed by atoms with E-state index in [2.05, 4.69) is 12.2 Å². The van der Waals surface area contributed by atoms with Gasteiger partial charge in [0, 0.05) is 17.0 Å². The van der Waals surface area contributed by atoms with Crippen molar-refractivity contribution in [2.24, 2.45) is 22.7 Å². The monoisotopic (exact) mass is 455 g/mol. The van der Waals surface area contributed by atoms with E-state index < -0.39 is 29.4 Å². The minimum atomic E-state index is -4.52. The van der Waals surface area contributed by atoms with Gasteiger partial charge in [-0.3, -0.25) is 10.1 Å². The summed E-state index contributed by atoms with van der Waals surface area (Å²) in [7, 11) is 0. The molecular formula is C23H28F3NO5. The number of rotatable bonds is 3. The summed E-state index contributed by atoms with van der Waals surface area (Å²) >= 11 is 0. The average Bonchev–Trinajstić information content (AvgIpc) is 3.11. The van der Waals surface area contributed by atoms with Crippen molar-refractivity contribution in [1.29, 1.82) is 0 Å². The van der Waals surface area contributed by atoms with Crippen LogP contribution in [0.15, 0.2) is 24.3 Å². The first-order valence-corrected chi connectivity index (χ1v) is 10.9. The summed E-state index contributed by atoms with van der Waals surface area (Å²) in [5.74, 6) is -0.109. The van der Waals surface area contributed by atoms with E-state index >= 15 is 0 Å². The summed E-state index contributed by atoms with van der Waals surface area (Å²) in [6, 6.07) is 4.35. The second-order valence-electron chi connectivity index (χ2n) is 9.77. The van der Waals surface area contributed by atoms with Gasteiger partial charge in [-0.25, -0.2) is 4.79 Å². The maximum Gasteiger partial charge on any atom is 0.416 e. The Morgan fingerprint density at radius 3 is 2.72 bits per heavy atom. The lowest BCUT2D eigenvalue weighted by molar-refractivity contribution is -0.174. The minimum Gasteiger partial charge on any atom is -0.462 e. The van der Waals surface area contributed by atoms with Crippen molar-refractivity contribution >= 4 is 17.7 Å². The quantitative estimate of drug-likeness (QED) is 0.642. The van der Waals surface area contributed by atoms with Crippen LogP contribution in [0.3, 0.4) is 0 Å². The van der Waals surface area contributed by atoms with E-state index in [0.717, 1.165) is 18.6 Å². The number of carbonyl (C=O) groups excluding carboxylic acids is 2. The van der Waals surface area contributed by atoms with Crippen LogP contribution in [-0.2, 0) is 20.4 Å². The maximum absolute atomic E-state index is 12.9. The number of esters is 1. The van der Waals surface area contributed by atoms with E-state index in [0.29, 0.717) is 25.7 Å². The normalized spacial score (nSPS) is 36.6. The maximum atomic E-state index is 12.9. The fraction of sp³-hybridized carbons (Fsp3) is 0.652. The van der Waals surface area contributed by atoms with Gasteiger partial charge >= 0.3 is 18.2 Å². The molecule has 0 spiro atoms. The number of alkyl halides is 3. The standard InChI is InChI=1S/C23H28F3NO5/c1-21-9-8-18(32-20(30)27-14-5-3-4-13(10-14)23(24,25)26)22(2,12-28)17(21)7-6-16-15(21)11-19(29)31-16/h3-5,10,15-18,28H,6-9,11-12H2,1-2H3,(H,27,30)/t15-,16-,17+,18-,21+,22+/m1/s1. The van der Waals surface area contributed by atoms with Crippen molar-refractivity contribution in [3.8, 4) is 0 Å². The average molecular weight is 455 g/mol. The molecule has 1 aliphatic heterocycles. The van der Waals surface area contributed by atoms with Crippen LogP contribution in [0, 0.1) is 22.7 Å². The van der Waals surface area contributed by atoms with E-state index in [4.69, 9.17) is 9.47 Å². The summed E-state index contributed by atoms with van der Waals surface area (Å²) in [6.07, 6.45) is -3.10. The van der Waals surface area contributed by atoms with Crippen molar-refractivity contribution in [3.05, 3.63) is 29.8 Å². The Morgan fingerprint density at radius 2 is 2.03 bits per heavy atom. The molecule has 2 N–H and O–H groups in total. The molecule has 3 fully saturated rings. The number of anilines is 1. The minimum absolute atomic E-state index is 0.0101. The first-order chi connectivity index (χ1) is 15.0. The van der Waals surface area contributed by atoms with E-state index in [9.17, 15) is 27.9 Å². The number of nitrogens with one attached hydrogen (secondary N) is 1. The smallest absolute Gasteiger partial charge is 0.416 e. The highest BCUT2D eigenvalue weighted by Gasteiger charge is 2.62. The van der Waals surface area contributed by atoms with Gasteiger partial charge in [0.2, 0.25) is 0 Å². The Bertz CT molecular complexity index is 906. The fourth-order valence-corrected chi connectivity index (χ4v) is 6.34. The van der Waals surface area contributed by atoms with Gasteiger partial charge < -0.3 is 14.6 Å². The molecule has 1 aromatic carbocycles. The van der Waals surface area contributed by atoms with Gasteiger partial charge in [-0.15, -0.1) is 0 Å². The zero-order valence-electron chi connectivity index (χ0n) is 18.1. The molecule has 1 heterocycles. The number of amides is 1. The number of hydrogen-bond acceptors (Lipinski definition) is 5. The number of carbonyl (C=O) groups is 2. The number of aliphatic hydroxyl groups excluding tert-OH is 1. The number of benzene rings is 1. The number of aliphatic hydroxyl groups is 1. The summed E-state index contributed by atoms with van der Waals surface area (Å²) in [5, 5.41) is 12.7. The molecule has 176 valence electrons. The Labute approximate surface area is 184 Å². The highest BCUT2D eigenvalue weighted by molar-refractivity contribution is 5.84. The van der Waals surface area contributed by atoms with Crippen LogP contribution in [0.5, 0.6) is 0 Å². The Hall–Kier alpha value is -2.29. The summed E-state index contributed by atoms with van der Waals surface area (Å²) in [5.41, 5.74) is -1.86. The molecular weight excluding hydrogens is 427 g/mol. The molecule has 2 saturated carbocycles. The van der Waals surface area contributed by atoms with E-state index in [1.807, 2.05) is 6.92 Å². The Morgan fingerprint density at radius 1 is 1.28 bits per heavy atom. The molecule has 0 unspecified atom stereocenters. The third-order valence-corrected chi connectivity index (χ3v) is 8.00. The second-order valence-corrected chi connectivity index (χ2v) is 9.77. The van der Waals surface area contributed by atoms with Gasteiger partial charge in [-0.2, -0.15) is 13.2 Å². The number of fused-ring (bicyclic) bond motifs is 3. The SMILES string of the molecule is C[C@]1(CO)[C@H]2CC[C@H]3OC(=O)C[C@H]3[C@]2(C)CC[C@H]1OC(=O)Nc1cccc(C(F)(F)F)c1. The van der Waals surface area contributed by atoms with Crippen molar-refractivity contribution in [2.75, 3.05) is 11.9 Å². The van der Waals surface area contributed by atoms with Crippen LogP contribution in [-0.4, -0.2) is 36.0 Å². The lowest BCUT2D eigenvalue weighted by Crippen LogP contribution is -2.59. The lowest BCUT2D eigenvalue weighted by atomic mass is 9.46. The van der Waals surface area contributed by atoms with E-state index in [-0.39, 0.29) is 41.6 Å². The Kier molecular flexibility index (Phi) is 5.68. The van der Waals surface area contributed by atoms with Crippen LogP contribution in [0.25, 0.3) is 0 Å². The van der Waals surface area contributed by atoms with Gasteiger partial charge in [0.1, 0.15) is 12.2 Å². The lowest BCUT2D eigenvalue weighted by Gasteiger charge is -2.59. The second kappa shape index (κ2) is 7.93. The van der Waals surface area contributed by atoms with Gasteiger partial charge in [0.15, 0.2) is 0 Å². The fourth-order valence-electron chi connectivity index (χ4n) is 6.34. The molecule has 1 aromatic rings.